The summed E-state index contributed by atoms with van der Waals surface area (Å²) in [6, 6.07) is 3.98. The quantitative estimate of drug-likeness (QED) is 0.781. The predicted molar refractivity (Wildman–Crippen MR) is 62.7 cm³/mol. The summed E-state index contributed by atoms with van der Waals surface area (Å²) in [5.41, 5.74) is 7.68. The number of rotatable bonds is 1. The molecule has 1 aromatic rings. The van der Waals surface area contributed by atoms with Crippen LogP contribution < -0.4 is 5.73 Å². The first-order valence-corrected chi connectivity index (χ1v) is 5.60. The van der Waals surface area contributed by atoms with Crippen LogP contribution in [0.4, 0.5) is 5.82 Å². The van der Waals surface area contributed by atoms with Crippen molar-refractivity contribution in [3.63, 3.8) is 0 Å². The monoisotopic (exact) mass is 219 g/mol. The number of nitrogens with zero attached hydrogens (tertiary/aromatic N) is 2. The molecule has 2 rings (SSSR count). The SMILES string of the molecule is CC(=O)N1CCC[C@H]1c1ccc(N)nc1C. The van der Waals surface area contributed by atoms with E-state index in [2.05, 4.69) is 4.98 Å². The van der Waals surface area contributed by atoms with Crippen LogP contribution in [0.2, 0.25) is 0 Å². The van der Waals surface area contributed by atoms with Gasteiger partial charge < -0.3 is 10.6 Å². The fourth-order valence-corrected chi connectivity index (χ4v) is 2.41. The van der Waals surface area contributed by atoms with Gasteiger partial charge in [-0.25, -0.2) is 4.98 Å². The van der Waals surface area contributed by atoms with E-state index in [9.17, 15) is 4.79 Å². The molecule has 1 atom stereocenters. The number of aromatic nitrogens is 1. The van der Waals surface area contributed by atoms with Gasteiger partial charge in [0.15, 0.2) is 0 Å². The van der Waals surface area contributed by atoms with Gasteiger partial charge in [-0.3, -0.25) is 4.79 Å². The van der Waals surface area contributed by atoms with Crippen molar-refractivity contribution in [3.8, 4) is 0 Å². The van der Waals surface area contributed by atoms with Crippen molar-refractivity contribution < 1.29 is 4.79 Å². The Bertz CT molecular complexity index is 417. The number of hydrogen-bond donors (Lipinski definition) is 1. The Morgan fingerprint density at radius 3 is 2.94 bits per heavy atom. The zero-order chi connectivity index (χ0) is 11.7. The maximum absolute atomic E-state index is 11.5. The van der Waals surface area contributed by atoms with Crippen LogP contribution >= 0.6 is 0 Å². The lowest BCUT2D eigenvalue weighted by molar-refractivity contribution is -0.129. The summed E-state index contributed by atoms with van der Waals surface area (Å²) in [7, 11) is 0. The minimum atomic E-state index is 0.138. The van der Waals surface area contributed by atoms with Crippen molar-refractivity contribution in [1.82, 2.24) is 9.88 Å². The van der Waals surface area contributed by atoms with Crippen LogP contribution in [-0.2, 0) is 4.79 Å². The number of hydrogen-bond acceptors (Lipinski definition) is 3. The van der Waals surface area contributed by atoms with E-state index in [0.29, 0.717) is 5.82 Å². The number of carbonyl (C=O) groups is 1. The fraction of sp³-hybridized carbons (Fsp3) is 0.500. The van der Waals surface area contributed by atoms with E-state index < -0.39 is 0 Å². The van der Waals surface area contributed by atoms with Gasteiger partial charge in [-0.05, 0) is 31.4 Å². The summed E-state index contributed by atoms with van der Waals surface area (Å²) < 4.78 is 0. The average Bonchev–Trinajstić information content (AvgIpc) is 2.66. The summed E-state index contributed by atoms with van der Waals surface area (Å²) in [5.74, 6) is 0.673. The first-order valence-electron chi connectivity index (χ1n) is 5.60. The van der Waals surface area contributed by atoms with Crippen LogP contribution in [0.5, 0.6) is 0 Å². The lowest BCUT2D eigenvalue weighted by Crippen LogP contribution is -2.28. The standard InChI is InChI=1S/C12H17N3O/c1-8-10(5-6-12(13)14-8)11-4-3-7-15(11)9(2)16/h5-6,11H,3-4,7H2,1-2H3,(H2,13,14)/t11-/m0/s1. The number of amides is 1. The molecule has 1 saturated heterocycles. The molecule has 4 heteroatoms. The number of carbonyl (C=O) groups excluding carboxylic acids is 1. The van der Waals surface area contributed by atoms with Crippen molar-refractivity contribution in [3.05, 3.63) is 23.4 Å². The van der Waals surface area contributed by atoms with Gasteiger partial charge in [-0.15, -0.1) is 0 Å². The lowest BCUT2D eigenvalue weighted by Gasteiger charge is -2.24. The van der Waals surface area contributed by atoms with Gasteiger partial charge in [-0.1, -0.05) is 6.07 Å². The molecule has 1 aromatic heterocycles. The van der Waals surface area contributed by atoms with Crippen LogP contribution in [-0.4, -0.2) is 22.3 Å². The molecule has 0 aliphatic carbocycles. The van der Waals surface area contributed by atoms with Crippen LogP contribution in [0, 0.1) is 6.92 Å². The molecular formula is C12H17N3O. The molecule has 0 spiro atoms. The van der Waals surface area contributed by atoms with E-state index in [1.54, 1.807) is 13.0 Å². The highest BCUT2D eigenvalue weighted by atomic mass is 16.2. The van der Waals surface area contributed by atoms with E-state index in [0.717, 1.165) is 30.6 Å². The maximum Gasteiger partial charge on any atom is 0.219 e. The van der Waals surface area contributed by atoms with E-state index in [1.165, 1.54) is 0 Å². The Balaban J connectivity index is 2.32. The second kappa shape index (κ2) is 4.12. The van der Waals surface area contributed by atoms with E-state index in [1.807, 2.05) is 17.9 Å². The molecule has 1 fully saturated rings. The highest BCUT2D eigenvalue weighted by Crippen LogP contribution is 2.33. The fourth-order valence-electron chi connectivity index (χ4n) is 2.41. The third-order valence-corrected chi connectivity index (χ3v) is 3.16. The second-order valence-corrected chi connectivity index (χ2v) is 4.28. The number of pyridine rings is 1. The van der Waals surface area contributed by atoms with Gasteiger partial charge in [-0.2, -0.15) is 0 Å². The molecule has 1 aliphatic rings. The molecule has 0 bridgehead atoms. The maximum atomic E-state index is 11.5. The van der Waals surface area contributed by atoms with Gasteiger partial charge >= 0.3 is 0 Å². The number of nitrogens with two attached hydrogens (primary N) is 1. The van der Waals surface area contributed by atoms with Crippen molar-refractivity contribution in [2.24, 2.45) is 0 Å². The third-order valence-electron chi connectivity index (χ3n) is 3.16. The average molecular weight is 219 g/mol. The summed E-state index contributed by atoms with van der Waals surface area (Å²) in [6.45, 7) is 4.42. The molecule has 0 unspecified atom stereocenters. The van der Waals surface area contributed by atoms with Crippen molar-refractivity contribution in [2.75, 3.05) is 12.3 Å². The van der Waals surface area contributed by atoms with Crippen molar-refractivity contribution in [1.29, 1.82) is 0 Å². The normalized spacial score (nSPS) is 20.1. The zero-order valence-electron chi connectivity index (χ0n) is 9.73. The molecule has 4 nitrogen and oxygen atoms in total. The van der Waals surface area contributed by atoms with Crippen LogP contribution in [0.1, 0.15) is 37.1 Å². The smallest absolute Gasteiger partial charge is 0.219 e. The summed E-state index contributed by atoms with van der Waals surface area (Å²) in [4.78, 5) is 17.7. The Morgan fingerprint density at radius 2 is 2.31 bits per heavy atom. The molecule has 1 amide bonds. The molecule has 0 saturated carbocycles. The Hall–Kier alpha value is -1.58. The molecule has 1 aliphatic heterocycles. The van der Waals surface area contributed by atoms with E-state index in [4.69, 9.17) is 5.73 Å². The Labute approximate surface area is 95.5 Å². The van der Waals surface area contributed by atoms with Crippen LogP contribution in [0.15, 0.2) is 12.1 Å². The minimum Gasteiger partial charge on any atom is -0.384 e. The molecule has 2 heterocycles. The molecule has 86 valence electrons. The topological polar surface area (TPSA) is 59.2 Å². The van der Waals surface area contributed by atoms with Gasteiger partial charge in [0.25, 0.3) is 0 Å². The summed E-state index contributed by atoms with van der Waals surface area (Å²) in [6.07, 6.45) is 2.08. The van der Waals surface area contributed by atoms with Crippen LogP contribution in [0.25, 0.3) is 0 Å². The predicted octanol–water partition coefficient (Wildman–Crippen LogP) is 1.66. The zero-order valence-corrected chi connectivity index (χ0v) is 9.73. The van der Waals surface area contributed by atoms with Crippen LogP contribution in [0.3, 0.4) is 0 Å². The highest BCUT2D eigenvalue weighted by Gasteiger charge is 2.29. The molecule has 0 aromatic carbocycles. The van der Waals surface area contributed by atoms with Gasteiger partial charge in [0, 0.05) is 19.2 Å². The van der Waals surface area contributed by atoms with Crippen molar-refractivity contribution in [2.45, 2.75) is 32.7 Å². The number of aryl methyl sites for hydroxylation is 1. The lowest BCUT2D eigenvalue weighted by atomic mass is 10.0. The second-order valence-electron chi connectivity index (χ2n) is 4.28. The van der Waals surface area contributed by atoms with Gasteiger partial charge in [0.1, 0.15) is 5.82 Å². The molecule has 0 radical (unpaired) electrons. The molecular weight excluding hydrogens is 202 g/mol. The highest BCUT2D eigenvalue weighted by molar-refractivity contribution is 5.74. The first-order chi connectivity index (χ1) is 7.59. The molecule has 16 heavy (non-hydrogen) atoms. The summed E-state index contributed by atoms with van der Waals surface area (Å²) in [5, 5.41) is 0. The van der Waals surface area contributed by atoms with Crippen molar-refractivity contribution >= 4 is 11.7 Å². The number of likely N-dealkylation sites (tertiary alicyclic amines) is 1. The largest absolute Gasteiger partial charge is 0.384 e. The Morgan fingerprint density at radius 1 is 1.56 bits per heavy atom. The summed E-state index contributed by atoms with van der Waals surface area (Å²) >= 11 is 0. The Kier molecular flexibility index (Phi) is 2.81. The first kappa shape index (κ1) is 10.9. The van der Waals surface area contributed by atoms with Gasteiger partial charge in [0.05, 0.1) is 6.04 Å². The minimum absolute atomic E-state index is 0.138. The van der Waals surface area contributed by atoms with E-state index >= 15 is 0 Å². The third kappa shape index (κ3) is 1.87. The number of nitrogen functional groups attached to an aromatic ring is 1. The molecule has 2 N–H and O–H groups in total. The van der Waals surface area contributed by atoms with E-state index in [-0.39, 0.29) is 11.9 Å². The number of anilines is 1. The van der Waals surface area contributed by atoms with Gasteiger partial charge in [0.2, 0.25) is 5.91 Å².